The van der Waals surface area contributed by atoms with Crippen LogP contribution in [0.2, 0.25) is 0 Å². The van der Waals surface area contributed by atoms with E-state index in [1.165, 1.54) is 0 Å². The molecular formula is C13H13BrN2S. The Kier molecular flexibility index (Phi) is 4.20. The third kappa shape index (κ3) is 3.31. The van der Waals surface area contributed by atoms with Crippen LogP contribution < -0.4 is 5.73 Å². The summed E-state index contributed by atoms with van der Waals surface area (Å²) in [7, 11) is 0. The van der Waals surface area contributed by atoms with Crippen LogP contribution in [0.1, 0.15) is 18.5 Å². The van der Waals surface area contributed by atoms with Gasteiger partial charge in [-0.15, -0.1) is 0 Å². The lowest BCUT2D eigenvalue weighted by Crippen LogP contribution is -2.05. The number of hydrogen-bond donors (Lipinski definition) is 1. The van der Waals surface area contributed by atoms with Crippen molar-refractivity contribution in [2.45, 2.75) is 22.9 Å². The fourth-order valence-corrected chi connectivity index (χ4v) is 3.17. The van der Waals surface area contributed by atoms with Crippen LogP contribution in [0.3, 0.4) is 0 Å². The number of pyridine rings is 1. The number of benzene rings is 1. The van der Waals surface area contributed by atoms with Crippen LogP contribution in [-0.2, 0) is 0 Å². The average molecular weight is 309 g/mol. The lowest BCUT2D eigenvalue weighted by atomic mass is 10.1. The molecule has 0 radical (unpaired) electrons. The zero-order chi connectivity index (χ0) is 12.3. The molecule has 88 valence electrons. The first-order chi connectivity index (χ1) is 8.16. The van der Waals surface area contributed by atoms with E-state index in [9.17, 15) is 0 Å². The molecule has 0 saturated carbocycles. The Morgan fingerprint density at radius 2 is 2.12 bits per heavy atom. The van der Waals surface area contributed by atoms with Crippen LogP contribution in [0.25, 0.3) is 0 Å². The van der Waals surface area contributed by atoms with Gasteiger partial charge in [0.1, 0.15) is 5.03 Å². The van der Waals surface area contributed by atoms with E-state index in [1.54, 1.807) is 18.0 Å². The Morgan fingerprint density at radius 1 is 1.29 bits per heavy atom. The summed E-state index contributed by atoms with van der Waals surface area (Å²) < 4.78 is 1.05. The number of hydrogen-bond acceptors (Lipinski definition) is 3. The van der Waals surface area contributed by atoms with Crippen LogP contribution in [0.5, 0.6) is 0 Å². The highest BCUT2D eigenvalue weighted by Gasteiger charge is 2.06. The fraction of sp³-hybridized carbons (Fsp3) is 0.154. The summed E-state index contributed by atoms with van der Waals surface area (Å²) in [6, 6.07) is 12.1. The summed E-state index contributed by atoms with van der Waals surface area (Å²) in [5.41, 5.74) is 6.99. The summed E-state index contributed by atoms with van der Waals surface area (Å²) in [4.78, 5) is 5.44. The Balaban J connectivity index is 2.21. The van der Waals surface area contributed by atoms with Gasteiger partial charge in [0.05, 0.1) is 0 Å². The lowest BCUT2D eigenvalue weighted by Gasteiger charge is -2.09. The molecule has 17 heavy (non-hydrogen) atoms. The largest absolute Gasteiger partial charge is 0.324 e. The minimum atomic E-state index is 0.0401. The fourth-order valence-electron chi connectivity index (χ4n) is 1.47. The first-order valence-corrected chi connectivity index (χ1v) is 6.91. The van der Waals surface area contributed by atoms with Crippen molar-refractivity contribution in [1.29, 1.82) is 0 Å². The van der Waals surface area contributed by atoms with Gasteiger partial charge in [0.2, 0.25) is 0 Å². The zero-order valence-electron chi connectivity index (χ0n) is 9.43. The first-order valence-electron chi connectivity index (χ1n) is 5.31. The van der Waals surface area contributed by atoms with E-state index in [2.05, 4.69) is 39.1 Å². The monoisotopic (exact) mass is 308 g/mol. The Labute approximate surface area is 114 Å². The molecule has 0 bridgehead atoms. The number of rotatable bonds is 3. The number of aromatic nitrogens is 1. The summed E-state index contributed by atoms with van der Waals surface area (Å²) in [6.45, 7) is 1.98. The molecule has 0 spiro atoms. The molecular weight excluding hydrogens is 296 g/mol. The van der Waals surface area contributed by atoms with Gasteiger partial charge < -0.3 is 5.73 Å². The second kappa shape index (κ2) is 5.67. The van der Waals surface area contributed by atoms with Crippen LogP contribution >= 0.6 is 27.7 Å². The Bertz CT molecular complexity index is 500. The van der Waals surface area contributed by atoms with Crippen LogP contribution in [0.15, 0.2) is 57.0 Å². The van der Waals surface area contributed by atoms with Gasteiger partial charge in [-0.25, -0.2) is 4.98 Å². The van der Waals surface area contributed by atoms with Crippen LogP contribution in [0, 0.1) is 0 Å². The van der Waals surface area contributed by atoms with E-state index in [0.29, 0.717) is 0 Å². The third-order valence-electron chi connectivity index (χ3n) is 2.32. The van der Waals surface area contributed by atoms with Crippen LogP contribution in [0.4, 0.5) is 0 Å². The topological polar surface area (TPSA) is 38.9 Å². The Morgan fingerprint density at radius 3 is 2.71 bits per heavy atom. The molecule has 1 atom stereocenters. The molecule has 0 aliphatic rings. The van der Waals surface area contributed by atoms with Crippen molar-refractivity contribution < 1.29 is 0 Å². The van der Waals surface area contributed by atoms with E-state index < -0.39 is 0 Å². The van der Waals surface area contributed by atoms with E-state index in [1.807, 2.05) is 25.1 Å². The predicted octanol–water partition coefficient (Wildman–Crippen LogP) is 4.02. The third-order valence-corrected chi connectivity index (χ3v) is 3.95. The smallest absolute Gasteiger partial charge is 0.101 e. The van der Waals surface area contributed by atoms with Crippen molar-refractivity contribution in [3.63, 3.8) is 0 Å². The molecule has 2 rings (SSSR count). The maximum Gasteiger partial charge on any atom is 0.101 e. The zero-order valence-corrected chi connectivity index (χ0v) is 11.8. The predicted molar refractivity (Wildman–Crippen MR) is 75.1 cm³/mol. The van der Waals surface area contributed by atoms with Gasteiger partial charge in [0.25, 0.3) is 0 Å². The Hall–Kier alpha value is -0.840. The standard InChI is InChI=1S/C13H13BrN2S/c1-9(15)11-6-5-10(8-12(11)14)17-13-4-2-3-7-16-13/h2-9H,15H2,1H3/t9-/m0/s1. The highest BCUT2D eigenvalue weighted by molar-refractivity contribution is 9.10. The average Bonchev–Trinajstić information content (AvgIpc) is 2.30. The minimum absolute atomic E-state index is 0.0401. The van der Waals surface area contributed by atoms with Gasteiger partial charge in [0.15, 0.2) is 0 Å². The van der Waals surface area contributed by atoms with Crippen molar-refractivity contribution >= 4 is 27.7 Å². The number of nitrogens with two attached hydrogens (primary N) is 1. The second-order valence-electron chi connectivity index (χ2n) is 3.74. The van der Waals surface area contributed by atoms with Crippen LogP contribution in [-0.4, -0.2) is 4.98 Å². The van der Waals surface area contributed by atoms with Gasteiger partial charge in [0, 0.05) is 21.6 Å². The van der Waals surface area contributed by atoms with E-state index in [0.717, 1.165) is 20.0 Å². The van der Waals surface area contributed by atoms with Gasteiger partial charge in [-0.1, -0.05) is 39.8 Å². The van der Waals surface area contributed by atoms with Crippen molar-refractivity contribution in [2.24, 2.45) is 5.73 Å². The summed E-state index contributed by atoms with van der Waals surface area (Å²) >= 11 is 5.19. The molecule has 1 aromatic carbocycles. The molecule has 0 unspecified atom stereocenters. The number of nitrogens with zero attached hydrogens (tertiary/aromatic N) is 1. The van der Waals surface area contributed by atoms with Crippen molar-refractivity contribution in [2.75, 3.05) is 0 Å². The maximum atomic E-state index is 5.87. The van der Waals surface area contributed by atoms with E-state index in [-0.39, 0.29) is 6.04 Å². The molecule has 0 aliphatic heterocycles. The van der Waals surface area contributed by atoms with Crippen molar-refractivity contribution in [3.05, 3.63) is 52.6 Å². The second-order valence-corrected chi connectivity index (χ2v) is 5.69. The van der Waals surface area contributed by atoms with Gasteiger partial charge in [-0.2, -0.15) is 0 Å². The molecule has 0 aliphatic carbocycles. The lowest BCUT2D eigenvalue weighted by molar-refractivity contribution is 0.811. The number of halogens is 1. The summed E-state index contributed by atoms with van der Waals surface area (Å²) in [6.07, 6.45) is 1.80. The maximum absolute atomic E-state index is 5.87. The van der Waals surface area contributed by atoms with Gasteiger partial charge in [-0.3, -0.25) is 0 Å². The van der Waals surface area contributed by atoms with Crippen molar-refractivity contribution in [1.82, 2.24) is 4.98 Å². The first kappa shape index (κ1) is 12.6. The minimum Gasteiger partial charge on any atom is -0.324 e. The highest BCUT2D eigenvalue weighted by atomic mass is 79.9. The quantitative estimate of drug-likeness (QED) is 0.931. The summed E-state index contributed by atoms with van der Waals surface area (Å²) in [5, 5.41) is 0.993. The normalized spacial score (nSPS) is 12.4. The van der Waals surface area contributed by atoms with E-state index >= 15 is 0 Å². The molecule has 1 aromatic heterocycles. The van der Waals surface area contributed by atoms with E-state index in [4.69, 9.17) is 5.73 Å². The van der Waals surface area contributed by atoms with Crippen molar-refractivity contribution in [3.8, 4) is 0 Å². The molecule has 0 saturated heterocycles. The molecule has 2 aromatic rings. The molecule has 2 N–H and O–H groups in total. The van der Waals surface area contributed by atoms with Gasteiger partial charge in [-0.05, 0) is 36.8 Å². The molecule has 4 heteroatoms. The molecule has 0 fully saturated rings. The molecule has 2 nitrogen and oxygen atoms in total. The molecule has 1 heterocycles. The highest BCUT2D eigenvalue weighted by Crippen LogP contribution is 2.31. The summed E-state index contributed by atoms with van der Waals surface area (Å²) in [5.74, 6) is 0. The SMILES string of the molecule is C[C@H](N)c1ccc(Sc2ccccn2)cc1Br. The van der Waals surface area contributed by atoms with Gasteiger partial charge >= 0.3 is 0 Å². The molecule has 0 amide bonds.